The zero-order chi connectivity index (χ0) is 17.8. The number of nitrogens with zero attached hydrogens (tertiary/aromatic N) is 3. The Bertz CT molecular complexity index is 604. The number of hydrogen-bond donors (Lipinski definition) is 0. The normalized spacial score (nSPS) is 23.8. The Morgan fingerprint density at radius 1 is 1.08 bits per heavy atom. The maximum Gasteiger partial charge on any atom is 0.242 e. The Hall–Kier alpha value is -1.88. The quantitative estimate of drug-likeness (QED) is 0.823. The highest BCUT2D eigenvalue weighted by Gasteiger charge is 2.39. The van der Waals surface area contributed by atoms with E-state index in [1.807, 2.05) is 11.0 Å². The molecule has 2 amide bonds. The summed E-state index contributed by atoms with van der Waals surface area (Å²) in [5, 5.41) is 0. The Kier molecular flexibility index (Phi) is 5.74. The minimum Gasteiger partial charge on any atom is -0.337 e. The zero-order valence-corrected chi connectivity index (χ0v) is 15.4. The van der Waals surface area contributed by atoms with E-state index in [0.29, 0.717) is 12.1 Å². The molecule has 0 spiro atoms. The molecule has 2 atom stereocenters. The van der Waals surface area contributed by atoms with Crippen molar-refractivity contribution in [3.63, 3.8) is 0 Å². The van der Waals surface area contributed by atoms with Crippen molar-refractivity contribution in [3.8, 4) is 0 Å². The molecule has 2 saturated heterocycles. The third-order valence-electron chi connectivity index (χ3n) is 5.62. The molecule has 2 aliphatic rings. The summed E-state index contributed by atoms with van der Waals surface area (Å²) < 4.78 is 0. The predicted molar refractivity (Wildman–Crippen MR) is 97.9 cm³/mol. The third-order valence-corrected chi connectivity index (χ3v) is 5.62. The Morgan fingerprint density at radius 2 is 1.76 bits per heavy atom. The van der Waals surface area contributed by atoms with Crippen LogP contribution in [0.15, 0.2) is 30.3 Å². The first-order valence-corrected chi connectivity index (χ1v) is 9.35. The minimum atomic E-state index is -0.0596. The summed E-state index contributed by atoms with van der Waals surface area (Å²) in [6, 6.07) is 11.3. The third kappa shape index (κ3) is 4.21. The van der Waals surface area contributed by atoms with Crippen LogP contribution in [0.3, 0.4) is 0 Å². The van der Waals surface area contributed by atoms with Gasteiger partial charge in [-0.25, -0.2) is 0 Å². The van der Waals surface area contributed by atoms with Gasteiger partial charge in [0.2, 0.25) is 11.8 Å². The Morgan fingerprint density at radius 3 is 2.48 bits per heavy atom. The monoisotopic (exact) mass is 343 g/mol. The molecule has 0 unspecified atom stereocenters. The van der Waals surface area contributed by atoms with Crippen molar-refractivity contribution in [3.05, 3.63) is 35.9 Å². The summed E-state index contributed by atoms with van der Waals surface area (Å²) in [5.74, 6) is 0.0300. The van der Waals surface area contributed by atoms with E-state index in [1.54, 1.807) is 7.05 Å². The van der Waals surface area contributed by atoms with Crippen LogP contribution in [-0.2, 0) is 16.1 Å². The summed E-state index contributed by atoms with van der Waals surface area (Å²) in [5.41, 5.74) is 1.33. The number of likely N-dealkylation sites (N-methyl/N-ethyl adjacent to an activating group) is 1. The topological polar surface area (TPSA) is 43.9 Å². The molecular weight excluding hydrogens is 314 g/mol. The smallest absolute Gasteiger partial charge is 0.242 e. The van der Waals surface area contributed by atoms with Crippen LogP contribution in [0, 0.1) is 0 Å². The van der Waals surface area contributed by atoms with Crippen molar-refractivity contribution in [1.29, 1.82) is 0 Å². The lowest BCUT2D eigenvalue weighted by atomic mass is 10.0. The number of hydrogen-bond acceptors (Lipinski definition) is 3. The first-order valence-electron chi connectivity index (χ1n) is 9.35. The molecule has 0 saturated carbocycles. The first kappa shape index (κ1) is 17.9. The molecule has 0 bridgehead atoms. The molecule has 25 heavy (non-hydrogen) atoms. The van der Waals surface area contributed by atoms with Gasteiger partial charge >= 0.3 is 0 Å². The fraction of sp³-hybridized carbons (Fsp3) is 0.600. The van der Waals surface area contributed by atoms with E-state index >= 15 is 0 Å². The molecule has 1 aromatic rings. The molecule has 2 heterocycles. The highest BCUT2D eigenvalue weighted by Crippen LogP contribution is 2.31. The lowest BCUT2D eigenvalue weighted by molar-refractivity contribution is -0.139. The Balaban J connectivity index is 1.66. The fourth-order valence-electron chi connectivity index (χ4n) is 4.21. The largest absolute Gasteiger partial charge is 0.337 e. The predicted octanol–water partition coefficient (Wildman–Crippen LogP) is 2.12. The van der Waals surface area contributed by atoms with E-state index in [2.05, 4.69) is 29.2 Å². The maximum atomic E-state index is 12.7. The van der Waals surface area contributed by atoms with Gasteiger partial charge in [0.25, 0.3) is 0 Å². The van der Waals surface area contributed by atoms with Crippen LogP contribution in [0.25, 0.3) is 0 Å². The molecule has 1 aromatic carbocycles. The van der Waals surface area contributed by atoms with Crippen LogP contribution < -0.4 is 0 Å². The first-order chi connectivity index (χ1) is 12.1. The van der Waals surface area contributed by atoms with Crippen LogP contribution in [0.2, 0.25) is 0 Å². The van der Waals surface area contributed by atoms with Crippen LogP contribution >= 0.6 is 0 Å². The van der Waals surface area contributed by atoms with Gasteiger partial charge in [0.1, 0.15) is 0 Å². The second-order valence-electron chi connectivity index (χ2n) is 7.34. The van der Waals surface area contributed by atoms with E-state index in [-0.39, 0.29) is 18.4 Å². The van der Waals surface area contributed by atoms with Gasteiger partial charge in [-0.05, 0) is 37.8 Å². The van der Waals surface area contributed by atoms with Gasteiger partial charge in [-0.3, -0.25) is 14.5 Å². The standard InChI is InChI=1S/C20H29N3O2/c1-16(24)21(2)15-20(25)23-13-7-11-19(23)18-10-6-12-22(18)14-17-8-4-3-5-9-17/h3-5,8-9,18-19H,6-7,10-15H2,1-2H3/t18-,19-/m0/s1. The molecule has 136 valence electrons. The summed E-state index contributed by atoms with van der Waals surface area (Å²) in [4.78, 5) is 30.2. The molecule has 5 nitrogen and oxygen atoms in total. The average molecular weight is 343 g/mol. The summed E-state index contributed by atoms with van der Waals surface area (Å²) in [7, 11) is 1.70. The zero-order valence-electron chi connectivity index (χ0n) is 15.4. The molecule has 3 rings (SSSR count). The van der Waals surface area contributed by atoms with Gasteiger partial charge in [-0.2, -0.15) is 0 Å². The van der Waals surface area contributed by atoms with Gasteiger partial charge in [-0.1, -0.05) is 30.3 Å². The maximum absolute atomic E-state index is 12.7. The van der Waals surface area contributed by atoms with Crippen LogP contribution in [-0.4, -0.2) is 65.3 Å². The summed E-state index contributed by atoms with van der Waals surface area (Å²) >= 11 is 0. The van der Waals surface area contributed by atoms with Crippen LogP contribution in [0.5, 0.6) is 0 Å². The SMILES string of the molecule is CC(=O)N(C)CC(=O)N1CCC[C@H]1[C@@H]1CCCN1Cc1ccccc1. The van der Waals surface area contributed by atoms with Crippen molar-refractivity contribution < 1.29 is 9.59 Å². The van der Waals surface area contributed by atoms with Gasteiger partial charge in [0.15, 0.2) is 0 Å². The highest BCUT2D eigenvalue weighted by atomic mass is 16.2. The molecule has 2 fully saturated rings. The van der Waals surface area contributed by atoms with Gasteiger partial charge < -0.3 is 9.80 Å². The van der Waals surface area contributed by atoms with E-state index < -0.39 is 0 Å². The fourth-order valence-corrected chi connectivity index (χ4v) is 4.21. The second-order valence-corrected chi connectivity index (χ2v) is 7.34. The van der Waals surface area contributed by atoms with E-state index in [4.69, 9.17) is 0 Å². The number of rotatable bonds is 5. The number of benzene rings is 1. The van der Waals surface area contributed by atoms with Crippen LogP contribution in [0.4, 0.5) is 0 Å². The van der Waals surface area contributed by atoms with Crippen LogP contribution in [0.1, 0.15) is 38.2 Å². The van der Waals surface area contributed by atoms with Gasteiger partial charge in [-0.15, -0.1) is 0 Å². The van der Waals surface area contributed by atoms with E-state index in [0.717, 1.165) is 38.9 Å². The number of amides is 2. The van der Waals surface area contributed by atoms with Crippen molar-refractivity contribution in [2.24, 2.45) is 0 Å². The number of carbonyl (C=O) groups is 2. The van der Waals surface area contributed by atoms with E-state index in [9.17, 15) is 9.59 Å². The molecule has 0 aromatic heterocycles. The van der Waals surface area contributed by atoms with Gasteiger partial charge in [0, 0.05) is 39.1 Å². The minimum absolute atomic E-state index is 0.0596. The molecule has 5 heteroatoms. The molecule has 0 aliphatic carbocycles. The molecule has 2 aliphatic heterocycles. The summed E-state index contributed by atoms with van der Waals surface area (Å²) in [6.45, 7) is 4.58. The molecule has 0 N–H and O–H groups in total. The number of carbonyl (C=O) groups excluding carboxylic acids is 2. The Labute approximate surface area is 150 Å². The summed E-state index contributed by atoms with van der Waals surface area (Å²) in [6.07, 6.45) is 4.49. The van der Waals surface area contributed by atoms with E-state index in [1.165, 1.54) is 23.8 Å². The lowest BCUT2D eigenvalue weighted by Gasteiger charge is -2.35. The van der Waals surface area contributed by atoms with Gasteiger partial charge in [0.05, 0.1) is 6.54 Å². The van der Waals surface area contributed by atoms with Crippen molar-refractivity contribution in [1.82, 2.24) is 14.7 Å². The van der Waals surface area contributed by atoms with Crippen molar-refractivity contribution >= 4 is 11.8 Å². The van der Waals surface area contributed by atoms with Crippen molar-refractivity contribution in [2.75, 3.05) is 26.7 Å². The second kappa shape index (κ2) is 8.00. The average Bonchev–Trinajstić information content (AvgIpc) is 3.24. The number of likely N-dealkylation sites (tertiary alicyclic amines) is 2. The lowest BCUT2D eigenvalue weighted by Crippen LogP contribution is -2.50. The molecule has 0 radical (unpaired) electrons. The molecular formula is C20H29N3O2. The highest BCUT2D eigenvalue weighted by molar-refractivity contribution is 5.84. The van der Waals surface area contributed by atoms with Crippen molar-refractivity contribution in [2.45, 2.75) is 51.2 Å².